The van der Waals surface area contributed by atoms with Crippen molar-refractivity contribution in [3.05, 3.63) is 163 Å². The summed E-state index contributed by atoms with van der Waals surface area (Å²) in [5, 5.41) is 15.3. The molecule has 0 radical (unpaired) electrons. The van der Waals surface area contributed by atoms with Crippen molar-refractivity contribution in [1.29, 1.82) is 5.41 Å². The van der Waals surface area contributed by atoms with E-state index in [2.05, 4.69) is 148 Å². The fourth-order valence-electron chi connectivity index (χ4n) is 6.89. The third-order valence-electron chi connectivity index (χ3n) is 8.84. The van der Waals surface area contributed by atoms with Gasteiger partial charge in [-0.1, -0.05) is 146 Å². The highest BCUT2D eigenvalue weighted by Gasteiger charge is 2.19. The summed E-state index contributed by atoms with van der Waals surface area (Å²) in [4.78, 5) is 0. The number of hydrogen-bond donors (Lipinski definition) is 1. The molecule has 7 aromatic carbocycles. The molecule has 7 rings (SSSR count). The zero-order chi connectivity index (χ0) is 30.2. The number of nitrogens with one attached hydrogen (secondary N) is 1. The summed E-state index contributed by atoms with van der Waals surface area (Å²) in [6.07, 6.45) is 4.98. The zero-order valence-corrected chi connectivity index (χ0v) is 25.1. The molecule has 1 nitrogen and oxygen atoms in total. The molecule has 1 heteroatoms. The minimum absolute atomic E-state index is 0.841. The Labute approximate surface area is 259 Å². The average molecular weight is 564 g/mol. The highest BCUT2D eigenvalue weighted by Crippen LogP contribution is 2.46. The Morgan fingerprint density at radius 3 is 1.43 bits per heavy atom. The van der Waals surface area contributed by atoms with Crippen LogP contribution in [0.15, 0.2) is 146 Å². The fraction of sp³-hybridized carbons (Fsp3) is 0.0465. The van der Waals surface area contributed by atoms with E-state index in [0.29, 0.717) is 0 Å². The van der Waals surface area contributed by atoms with Crippen LogP contribution in [0, 0.1) is 19.3 Å². The largest absolute Gasteiger partial charge is 0.308 e. The predicted octanol–water partition coefficient (Wildman–Crippen LogP) is 12.0. The Morgan fingerprint density at radius 1 is 0.500 bits per heavy atom. The molecular weight excluding hydrogens is 530 g/mol. The lowest BCUT2D eigenvalue weighted by Gasteiger charge is -2.20. The van der Waals surface area contributed by atoms with E-state index >= 15 is 0 Å². The molecule has 0 atom stereocenters. The first-order valence-corrected chi connectivity index (χ1v) is 15.1. The number of allylic oxidation sites excluding steroid dienone is 3. The van der Waals surface area contributed by atoms with Crippen LogP contribution < -0.4 is 0 Å². The van der Waals surface area contributed by atoms with Gasteiger partial charge in [0, 0.05) is 6.21 Å². The van der Waals surface area contributed by atoms with Crippen LogP contribution in [-0.2, 0) is 0 Å². The number of benzene rings is 7. The molecule has 0 aliphatic rings. The van der Waals surface area contributed by atoms with Gasteiger partial charge < -0.3 is 5.41 Å². The molecular formula is C43H33N. The lowest BCUT2D eigenvalue weighted by atomic mass is 9.83. The highest BCUT2D eigenvalue weighted by atomic mass is 14.3. The Balaban J connectivity index is 1.53. The summed E-state index contributed by atoms with van der Waals surface area (Å²) in [7, 11) is 0. The van der Waals surface area contributed by atoms with Gasteiger partial charge in [-0.2, -0.15) is 0 Å². The van der Waals surface area contributed by atoms with Crippen LogP contribution in [0.3, 0.4) is 0 Å². The Kier molecular flexibility index (Phi) is 7.00. The normalized spacial score (nSPS) is 11.7. The Hall–Kier alpha value is -5.53. The van der Waals surface area contributed by atoms with E-state index in [1.165, 1.54) is 77.5 Å². The van der Waals surface area contributed by atoms with Crippen molar-refractivity contribution in [3.63, 3.8) is 0 Å². The quantitative estimate of drug-likeness (QED) is 0.118. The van der Waals surface area contributed by atoms with Crippen molar-refractivity contribution < 1.29 is 0 Å². The minimum Gasteiger partial charge on any atom is -0.308 e. The van der Waals surface area contributed by atoms with Gasteiger partial charge in [0.1, 0.15) is 0 Å². The fourth-order valence-corrected chi connectivity index (χ4v) is 6.89. The smallest absolute Gasteiger partial charge is 0.0256 e. The van der Waals surface area contributed by atoms with E-state index in [4.69, 9.17) is 5.41 Å². The van der Waals surface area contributed by atoms with Crippen LogP contribution in [0.1, 0.15) is 16.7 Å². The van der Waals surface area contributed by atoms with Gasteiger partial charge in [0.2, 0.25) is 0 Å². The first-order chi connectivity index (χ1) is 21.6. The topological polar surface area (TPSA) is 23.9 Å². The van der Waals surface area contributed by atoms with Gasteiger partial charge in [-0.25, -0.2) is 0 Å². The van der Waals surface area contributed by atoms with Crippen molar-refractivity contribution in [2.24, 2.45) is 0 Å². The van der Waals surface area contributed by atoms with Gasteiger partial charge in [0.15, 0.2) is 0 Å². The third kappa shape index (κ3) is 4.46. The molecule has 0 unspecified atom stereocenters. The molecule has 0 aliphatic carbocycles. The summed E-state index contributed by atoms with van der Waals surface area (Å²) >= 11 is 0. The maximum atomic E-state index is 7.84. The third-order valence-corrected chi connectivity index (χ3v) is 8.84. The maximum absolute atomic E-state index is 7.84. The van der Waals surface area contributed by atoms with Gasteiger partial charge >= 0.3 is 0 Å². The maximum Gasteiger partial charge on any atom is 0.0256 e. The molecule has 0 aliphatic heterocycles. The molecule has 0 spiro atoms. The highest BCUT2D eigenvalue weighted by molar-refractivity contribution is 6.24. The van der Waals surface area contributed by atoms with Crippen LogP contribution in [0.5, 0.6) is 0 Å². The minimum atomic E-state index is 0.841. The van der Waals surface area contributed by atoms with Crippen LogP contribution in [0.2, 0.25) is 0 Å². The van der Waals surface area contributed by atoms with Crippen LogP contribution in [-0.4, -0.2) is 6.21 Å². The molecule has 44 heavy (non-hydrogen) atoms. The molecule has 0 aromatic heterocycles. The second-order valence-electron chi connectivity index (χ2n) is 11.4. The molecule has 0 saturated heterocycles. The second kappa shape index (κ2) is 11.3. The van der Waals surface area contributed by atoms with E-state index in [1.807, 2.05) is 6.08 Å². The van der Waals surface area contributed by atoms with Gasteiger partial charge in [0.25, 0.3) is 0 Å². The average Bonchev–Trinajstić information content (AvgIpc) is 3.06. The second-order valence-corrected chi connectivity index (χ2v) is 11.4. The number of rotatable bonds is 6. The standard InChI is InChI=1S/C43H33N/c1-4-12-32(27-44)30-21-23-31(24-22-30)42-35-17-7-9-19-37(35)43(38-20-10-8-18-36(38)42)40-26-25-39(33-15-5-6-16-34(33)40)41-28(2)13-11-14-29(41)3/h4-27,44H,1H2,2-3H3/b32-12+,44-27?. The van der Waals surface area contributed by atoms with Crippen LogP contribution in [0.4, 0.5) is 0 Å². The van der Waals surface area contributed by atoms with Gasteiger partial charge in [-0.15, -0.1) is 0 Å². The van der Waals surface area contributed by atoms with E-state index in [9.17, 15) is 0 Å². The van der Waals surface area contributed by atoms with Crippen molar-refractivity contribution in [3.8, 4) is 33.4 Å². The molecule has 0 fully saturated rings. The summed E-state index contributed by atoms with van der Waals surface area (Å²) in [5.41, 5.74) is 11.9. The molecule has 210 valence electrons. The monoisotopic (exact) mass is 563 g/mol. The summed E-state index contributed by atoms with van der Waals surface area (Å²) in [6, 6.07) is 46.2. The Bertz CT molecular complexity index is 2190. The van der Waals surface area contributed by atoms with Gasteiger partial charge in [-0.3, -0.25) is 0 Å². The molecule has 0 bridgehead atoms. The number of aryl methyl sites for hydroxylation is 2. The molecule has 0 amide bonds. The lowest BCUT2D eigenvalue weighted by molar-refractivity contribution is 1.38. The summed E-state index contributed by atoms with van der Waals surface area (Å²) in [5.74, 6) is 0. The number of fused-ring (bicyclic) bond motifs is 3. The Morgan fingerprint density at radius 2 is 0.955 bits per heavy atom. The van der Waals surface area contributed by atoms with E-state index in [1.54, 1.807) is 6.08 Å². The number of hydrogen-bond acceptors (Lipinski definition) is 1. The first-order valence-electron chi connectivity index (χ1n) is 15.1. The van der Waals surface area contributed by atoms with E-state index < -0.39 is 0 Å². The van der Waals surface area contributed by atoms with Crippen molar-refractivity contribution in [2.75, 3.05) is 0 Å². The van der Waals surface area contributed by atoms with E-state index in [0.717, 1.165) is 16.7 Å². The van der Waals surface area contributed by atoms with Crippen molar-refractivity contribution in [1.82, 2.24) is 0 Å². The zero-order valence-electron chi connectivity index (χ0n) is 25.1. The lowest BCUT2D eigenvalue weighted by Crippen LogP contribution is -1.94. The molecule has 1 N–H and O–H groups in total. The van der Waals surface area contributed by atoms with Crippen molar-refractivity contribution in [2.45, 2.75) is 13.8 Å². The van der Waals surface area contributed by atoms with E-state index in [-0.39, 0.29) is 0 Å². The van der Waals surface area contributed by atoms with Gasteiger partial charge in [-0.05, 0) is 102 Å². The van der Waals surface area contributed by atoms with Crippen LogP contribution in [0.25, 0.3) is 71.3 Å². The molecule has 0 heterocycles. The summed E-state index contributed by atoms with van der Waals surface area (Å²) < 4.78 is 0. The summed E-state index contributed by atoms with van der Waals surface area (Å²) in [6.45, 7) is 8.22. The predicted molar refractivity (Wildman–Crippen MR) is 192 cm³/mol. The molecule has 7 aromatic rings. The van der Waals surface area contributed by atoms with Crippen LogP contribution >= 0.6 is 0 Å². The SMILES string of the molecule is C=C/C=C(\C=N)c1ccc(-c2c3ccccc3c(-c3ccc(-c4c(C)cccc4C)c4ccccc34)c3ccccc23)cc1. The first kappa shape index (κ1) is 27.3. The molecule has 0 saturated carbocycles. The van der Waals surface area contributed by atoms with Crippen molar-refractivity contribution >= 4 is 44.1 Å². The van der Waals surface area contributed by atoms with Gasteiger partial charge in [0.05, 0.1) is 0 Å².